The van der Waals surface area contributed by atoms with E-state index in [1.807, 2.05) is 6.07 Å². The summed E-state index contributed by atoms with van der Waals surface area (Å²) in [6.45, 7) is 4.47. The Hall–Kier alpha value is -0.900. The van der Waals surface area contributed by atoms with E-state index in [0.29, 0.717) is 0 Å². The van der Waals surface area contributed by atoms with Crippen LogP contribution in [0.25, 0.3) is 0 Å². The van der Waals surface area contributed by atoms with Gasteiger partial charge >= 0.3 is 0 Å². The molecule has 0 bridgehead atoms. The molecule has 0 spiro atoms. The van der Waals surface area contributed by atoms with Crippen molar-refractivity contribution in [2.45, 2.75) is 25.8 Å². The summed E-state index contributed by atoms with van der Waals surface area (Å²) in [6.07, 6.45) is 3.24. The Morgan fingerprint density at radius 2 is 1.67 bits per heavy atom. The highest BCUT2D eigenvalue weighted by molar-refractivity contribution is 5.14. The first-order valence-electron chi connectivity index (χ1n) is 6.75. The van der Waals surface area contributed by atoms with Gasteiger partial charge in [-0.3, -0.25) is 0 Å². The van der Waals surface area contributed by atoms with Gasteiger partial charge in [0.05, 0.1) is 0 Å². The van der Waals surface area contributed by atoms with Gasteiger partial charge in [-0.25, -0.2) is 0 Å². The van der Waals surface area contributed by atoms with Gasteiger partial charge in [-0.1, -0.05) is 30.3 Å². The molecule has 0 atom stereocenters. The van der Waals surface area contributed by atoms with Crippen molar-refractivity contribution in [1.82, 2.24) is 5.32 Å². The Balaban J connectivity index is 1.82. The molecule has 0 fully saturated rings. The summed E-state index contributed by atoms with van der Waals surface area (Å²) in [5, 5.41) is 3.41. The number of ether oxygens (including phenoxy) is 2. The van der Waals surface area contributed by atoms with Gasteiger partial charge in [-0.05, 0) is 31.4 Å². The molecule has 0 aliphatic heterocycles. The second-order valence-electron chi connectivity index (χ2n) is 4.33. The van der Waals surface area contributed by atoms with Crippen molar-refractivity contribution < 1.29 is 9.47 Å². The van der Waals surface area contributed by atoms with Crippen LogP contribution in [0.2, 0.25) is 0 Å². The van der Waals surface area contributed by atoms with Gasteiger partial charge in [0.15, 0.2) is 0 Å². The van der Waals surface area contributed by atoms with Crippen molar-refractivity contribution in [3.8, 4) is 0 Å². The largest absolute Gasteiger partial charge is 0.385 e. The fourth-order valence-electron chi connectivity index (χ4n) is 1.68. The van der Waals surface area contributed by atoms with E-state index in [1.54, 1.807) is 7.11 Å². The molecule has 3 heteroatoms. The Kier molecular flexibility index (Phi) is 9.44. The van der Waals surface area contributed by atoms with Crippen LogP contribution in [0, 0.1) is 0 Å². The standard InChI is InChI=1S/C15H25NO2/c1-17-11-5-6-12-18-13-7-10-16-14-15-8-3-2-4-9-15/h2-4,8-9,16H,5-7,10-14H2,1H3. The van der Waals surface area contributed by atoms with Crippen LogP contribution in [0.5, 0.6) is 0 Å². The molecule has 3 nitrogen and oxygen atoms in total. The molecule has 1 rings (SSSR count). The molecule has 1 N–H and O–H groups in total. The number of benzene rings is 1. The third kappa shape index (κ3) is 8.23. The second-order valence-corrected chi connectivity index (χ2v) is 4.33. The molecule has 18 heavy (non-hydrogen) atoms. The summed E-state index contributed by atoms with van der Waals surface area (Å²) in [5.41, 5.74) is 1.33. The van der Waals surface area contributed by atoms with Gasteiger partial charge in [0.1, 0.15) is 0 Å². The summed E-state index contributed by atoms with van der Waals surface area (Å²) in [5.74, 6) is 0. The molecule has 0 aliphatic rings. The summed E-state index contributed by atoms with van der Waals surface area (Å²) in [7, 11) is 1.74. The van der Waals surface area contributed by atoms with Crippen molar-refractivity contribution >= 4 is 0 Å². The number of unbranched alkanes of at least 4 members (excludes halogenated alkanes) is 1. The average Bonchev–Trinajstić information content (AvgIpc) is 2.42. The predicted molar refractivity (Wildman–Crippen MR) is 74.7 cm³/mol. The molecular weight excluding hydrogens is 226 g/mol. The van der Waals surface area contributed by atoms with E-state index in [2.05, 4.69) is 29.6 Å². The highest BCUT2D eigenvalue weighted by Crippen LogP contribution is 1.97. The van der Waals surface area contributed by atoms with Gasteiger partial charge in [-0.2, -0.15) is 0 Å². The van der Waals surface area contributed by atoms with E-state index in [0.717, 1.165) is 52.2 Å². The SMILES string of the molecule is COCCCCOCCCNCc1ccccc1. The lowest BCUT2D eigenvalue weighted by molar-refractivity contribution is 0.117. The van der Waals surface area contributed by atoms with E-state index >= 15 is 0 Å². The van der Waals surface area contributed by atoms with E-state index in [4.69, 9.17) is 9.47 Å². The van der Waals surface area contributed by atoms with E-state index in [1.165, 1.54) is 5.56 Å². The normalized spacial score (nSPS) is 10.7. The Morgan fingerprint density at radius 3 is 2.44 bits per heavy atom. The highest BCUT2D eigenvalue weighted by Gasteiger charge is 1.92. The van der Waals surface area contributed by atoms with Crippen LogP contribution in [0.15, 0.2) is 30.3 Å². The summed E-state index contributed by atoms with van der Waals surface area (Å²) >= 11 is 0. The number of methoxy groups -OCH3 is 1. The lowest BCUT2D eigenvalue weighted by Gasteiger charge is -2.06. The zero-order valence-corrected chi connectivity index (χ0v) is 11.4. The van der Waals surface area contributed by atoms with Crippen molar-refractivity contribution in [3.05, 3.63) is 35.9 Å². The summed E-state index contributed by atoms with van der Waals surface area (Å²) < 4.78 is 10.5. The molecule has 1 aromatic carbocycles. The lowest BCUT2D eigenvalue weighted by Crippen LogP contribution is -2.16. The van der Waals surface area contributed by atoms with Gasteiger partial charge in [0.2, 0.25) is 0 Å². The van der Waals surface area contributed by atoms with Crippen LogP contribution in [0.4, 0.5) is 0 Å². The number of nitrogens with one attached hydrogen (secondary N) is 1. The van der Waals surface area contributed by atoms with E-state index < -0.39 is 0 Å². The number of hydrogen-bond acceptors (Lipinski definition) is 3. The molecule has 102 valence electrons. The van der Waals surface area contributed by atoms with Crippen LogP contribution in [0.3, 0.4) is 0 Å². The van der Waals surface area contributed by atoms with Crippen LogP contribution < -0.4 is 5.32 Å². The lowest BCUT2D eigenvalue weighted by atomic mass is 10.2. The molecule has 0 unspecified atom stereocenters. The quantitative estimate of drug-likeness (QED) is 0.613. The molecule has 1 aromatic rings. The van der Waals surface area contributed by atoms with Gasteiger partial charge in [-0.15, -0.1) is 0 Å². The minimum absolute atomic E-state index is 0.835. The Morgan fingerprint density at radius 1 is 0.944 bits per heavy atom. The first-order chi connectivity index (χ1) is 8.93. The van der Waals surface area contributed by atoms with Crippen molar-refractivity contribution in [3.63, 3.8) is 0 Å². The van der Waals surface area contributed by atoms with E-state index in [9.17, 15) is 0 Å². The van der Waals surface area contributed by atoms with Crippen molar-refractivity contribution in [2.75, 3.05) is 33.5 Å². The maximum absolute atomic E-state index is 5.54. The van der Waals surface area contributed by atoms with Crippen molar-refractivity contribution in [2.24, 2.45) is 0 Å². The van der Waals surface area contributed by atoms with Crippen LogP contribution in [0.1, 0.15) is 24.8 Å². The maximum atomic E-state index is 5.54. The smallest absolute Gasteiger partial charge is 0.0478 e. The van der Waals surface area contributed by atoms with Crippen molar-refractivity contribution in [1.29, 1.82) is 0 Å². The zero-order valence-electron chi connectivity index (χ0n) is 11.4. The van der Waals surface area contributed by atoms with E-state index in [-0.39, 0.29) is 0 Å². The molecule has 0 radical (unpaired) electrons. The summed E-state index contributed by atoms with van der Waals surface area (Å²) in [4.78, 5) is 0. The second kappa shape index (κ2) is 11.2. The van der Waals surface area contributed by atoms with Gasteiger partial charge in [0.25, 0.3) is 0 Å². The molecular formula is C15H25NO2. The molecule has 0 heterocycles. The third-order valence-corrected chi connectivity index (χ3v) is 2.70. The molecule has 0 saturated carbocycles. The first-order valence-corrected chi connectivity index (χ1v) is 6.75. The predicted octanol–water partition coefficient (Wildman–Crippen LogP) is 2.61. The van der Waals surface area contributed by atoms with Gasteiger partial charge < -0.3 is 14.8 Å². The fraction of sp³-hybridized carbons (Fsp3) is 0.600. The third-order valence-electron chi connectivity index (χ3n) is 2.70. The Bertz CT molecular complexity index is 277. The minimum atomic E-state index is 0.835. The molecule has 0 amide bonds. The van der Waals surface area contributed by atoms with Crippen LogP contribution in [-0.2, 0) is 16.0 Å². The van der Waals surface area contributed by atoms with Crippen LogP contribution in [-0.4, -0.2) is 33.5 Å². The monoisotopic (exact) mass is 251 g/mol. The fourth-order valence-corrected chi connectivity index (χ4v) is 1.68. The molecule has 0 aliphatic carbocycles. The summed E-state index contributed by atoms with van der Waals surface area (Å²) in [6, 6.07) is 10.5. The number of hydrogen-bond donors (Lipinski definition) is 1. The van der Waals surface area contributed by atoms with Gasteiger partial charge in [0, 0.05) is 33.5 Å². The molecule has 0 aromatic heterocycles. The zero-order chi connectivity index (χ0) is 12.9. The minimum Gasteiger partial charge on any atom is -0.385 e. The highest BCUT2D eigenvalue weighted by atomic mass is 16.5. The topological polar surface area (TPSA) is 30.5 Å². The number of rotatable bonds is 11. The first kappa shape index (κ1) is 15.2. The average molecular weight is 251 g/mol. The molecule has 0 saturated heterocycles. The maximum Gasteiger partial charge on any atom is 0.0478 e. The Labute approximate surface area is 110 Å². The van der Waals surface area contributed by atoms with Crippen LogP contribution >= 0.6 is 0 Å².